The molecule has 0 fully saturated rings. The van der Waals surface area contributed by atoms with Crippen LogP contribution in [-0.4, -0.2) is 16.5 Å². The van der Waals surface area contributed by atoms with E-state index in [9.17, 15) is 0 Å². The number of benzene rings is 2. The van der Waals surface area contributed by atoms with Crippen LogP contribution in [0.15, 0.2) is 67.0 Å². The predicted molar refractivity (Wildman–Crippen MR) is 112 cm³/mol. The van der Waals surface area contributed by atoms with E-state index >= 15 is 0 Å². The van der Waals surface area contributed by atoms with Gasteiger partial charge in [-0.15, -0.1) is 0 Å². The Labute approximate surface area is 159 Å². The minimum atomic E-state index is 0.945. The topological polar surface area (TPSA) is 31.9 Å². The first kappa shape index (κ1) is 16.1. The molecule has 0 radical (unpaired) electrons. The molecule has 0 atom stereocenters. The van der Waals surface area contributed by atoms with Gasteiger partial charge in [0.25, 0.3) is 0 Å². The van der Waals surface area contributed by atoms with Gasteiger partial charge in [0, 0.05) is 30.9 Å². The number of aryl methyl sites for hydroxylation is 1. The highest BCUT2D eigenvalue weighted by atomic mass is 15.1. The van der Waals surface area contributed by atoms with Crippen LogP contribution in [0.2, 0.25) is 0 Å². The van der Waals surface area contributed by atoms with Crippen LogP contribution in [0.5, 0.6) is 0 Å². The Morgan fingerprint density at radius 3 is 2.78 bits per heavy atom. The van der Waals surface area contributed by atoms with Crippen LogP contribution in [0.4, 0.5) is 5.69 Å². The number of nitrogens with zero attached hydrogens (tertiary/aromatic N) is 2. The number of aromatic nitrogens is 2. The molecule has 0 saturated carbocycles. The van der Waals surface area contributed by atoms with Crippen LogP contribution in [0.1, 0.15) is 23.6 Å². The molecule has 3 heterocycles. The third-order valence-corrected chi connectivity index (χ3v) is 5.71. The lowest BCUT2D eigenvalue weighted by Gasteiger charge is -2.31. The molecule has 0 spiro atoms. The summed E-state index contributed by atoms with van der Waals surface area (Å²) in [5.41, 5.74) is 9.25. The summed E-state index contributed by atoms with van der Waals surface area (Å²) in [4.78, 5) is 10.4. The molecular weight excluding hydrogens is 330 g/mol. The number of hydrogen-bond donors (Lipinski definition) is 1. The molecule has 1 aliphatic heterocycles. The van der Waals surface area contributed by atoms with Gasteiger partial charge in [-0.25, -0.2) is 4.98 Å². The van der Waals surface area contributed by atoms with Gasteiger partial charge in [0.05, 0.1) is 5.69 Å². The van der Waals surface area contributed by atoms with Gasteiger partial charge in [-0.2, -0.15) is 0 Å². The Hall–Kier alpha value is -3.07. The molecule has 2 aromatic heterocycles. The lowest BCUT2D eigenvalue weighted by molar-refractivity contribution is 0.735. The average molecular weight is 353 g/mol. The standard InChI is InChI=1S/C24H23N3/c1-2-17-11-13-25-24-23(17)22(15-26-24)27-14-12-21-19(16-27)9-6-10-20(21)18-7-4-3-5-8-18/h3-11,13,15H,2,12,14,16H2,1H3,(H,25,26). The third-order valence-electron chi connectivity index (χ3n) is 5.71. The maximum atomic E-state index is 4.52. The second kappa shape index (κ2) is 6.58. The summed E-state index contributed by atoms with van der Waals surface area (Å²) in [5.74, 6) is 0. The number of hydrogen-bond acceptors (Lipinski definition) is 2. The van der Waals surface area contributed by atoms with Crippen molar-refractivity contribution < 1.29 is 0 Å². The molecule has 0 aliphatic carbocycles. The van der Waals surface area contributed by atoms with E-state index < -0.39 is 0 Å². The SMILES string of the molecule is CCc1ccnc2[nH]cc(N3CCc4c(cccc4-c4ccccc4)C3)c12. The van der Waals surface area contributed by atoms with E-state index in [0.717, 1.165) is 31.6 Å². The quantitative estimate of drug-likeness (QED) is 0.538. The van der Waals surface area contributed by atoms with Crippen LogP contribution >= 0.6 is 0 Å². The fourth-order valence-corrected chi connectivity index (χ4v) is 4.35. The summed E-state index contributed by atoms with van der Waals surface area (Å²) in [7, 11) is 0. The van der Waals surface area contributed by atoms with E-state index in [4.69, 9.17) is 0 Å². The Morgan fingerprint density at radius 1 is 1.04 bits per heavy atom. The van der Waals surface area contributed by atoms with Crippen molar-refractivity contribution in [3.05, 3.63) is 83.7 Å². The van der Waals surface area contributed by atoms with Gasteiger partial charge in [-0.1, -0.05) is 55.5 Å². The van der Waals surface area contributed by atoms with Crippen molar-refractivity contribution in [2.45, 2.75) is 26.3 Å². The minimum absolute atomic E-state index is 0.945. The fraction of sp³-hybridized carbons (Fsp3) is 0.208. The monoisotopic (exact) mass is 353 g/mol. The number of rotatable bonds is 3. The Kier molecular flexibility index (Phi) is 3.93. The molecule has 0 unspecified atom stereocenters. The highest BCUT2D eigenvalue weighted by Crippen LogP contribution is 2.35. The van der Waals surface area contributed by atoms with E-state index in [1.54, 1.807) is 0 Å². The molecule has 5 rings (SSSR count). The van der Waals surface area contributed by atoms with Crippen molar-refractivity contribution in [3.63, 3.8) is 0 Å². The molecule has 4 aromatic rings. The van der Waals surface area contributed by atoms with Crippen molar-refractivity contribution in [1.82, 2.24) is 9.97 Å². The first-order valence-corrected chi connectivity index (χ1v) is 9.71. The third kappa shape index (κ3) is 2.71. The number of anilines is 1. The van der Waals surface area contributed by atoms with Gasteiger partial charge in [-0.05, 0) is 46.7 Å². The Balaban J connectivity index is 1.55. The summed E-state index contributed by atoms with van der Waals surface area (Å²) in [5, 5.41) is 1.28. The molecule has 0 saturated heterocycles. The number of nitrogens with one attached hydrogen (secondary N) is 1. The van der Waals surface area contributed by atoms with Gasteiger partial charge >= 0.3 is 0 Å². The normalized spacial score (nSPS) is 13.7. The first-order chi connectivity index (χ1) is 13.3. The van der Waals surface area contributed by atoms with Gasteiger partial charge in [-0.3, -0.25) is 0 Å². The van der Waals surface area contributed by atoms with Gasteiger partial charge in [0.2, 0.25) is 0 Å². The molecular formula is C24H23N3. The molecule has 0 bridgehead atoms. The van der Waals surface area contributed by atoms with Crippen molar-refractivity contribution in [3.8, 4) is 11.1 Å². The van der Waals surface area contributed by atoms with Crippen molar-refractivity contribution in [2.75, 3.05) is 11.4 Å². The summed E-state index contributed by atoms with van der Waals surface area (Å²) in [6.07, 6.45) is 6.11. The van der Waals surface area contributed by atoms with E-state index in [2.05, 4.69) is 82.6 Å². The lowest BCUT2D eigenvalue weighted by atomic mass is 9.90. The zero-order valence-electron chi connectivity index (χ0n) is 15.6. The molecule has 2 aromatic carbocycles. The molecule has 27 heavy (non-hydrogen) atoms. The maximum absolute atomic E-state index is 4.52. The van der Waals surface area contributed by atoms with Gasteiger partial charge in [0.15, 0.2) is 0 Å². The Morgan fingerprint density at radius 2 is 1.93 bits per heavy atom. The number of aromatic amines is 1. The second-order valence-electron chi connectivity index (χ2n) is 7.20. The molecule has 3 heteroatoms. The Bertz CT molecular complexity index is 1100. The summed E-state index contributed by atoms with van der Waals surface area (Å²) in [6, 6.07) is 19.6. The molecule has 1 N–H and O–H groups in total. The highest BCUT2D eigenvalue weighted by molar-refractivity contribution is 5.93. The molecule has 134 valence electrons. The van der Waals surface area contributed by atoms with Crippen LogP contribution < -0.4 is 4.90 Å². The number of H-pyrrole nitrogens is 1. The van der Waals surface area contributed by atoms with Crippen LogP contribution in [0.3, 0.4) is 0 Å². The molecule has 3 nitrogen and oxygen atoms in total. The highest BCUT2D eigenvalue weighted by Gasteiger charge is 2.22. The molecule has 1 aliphatic rings. The smallest absolute Gasteiger partial charge is 0.139 e. The van der Waals surface area contributed by atoms with Crippen molar-refractivity contribution in [1.29, 1.82) is 0 Å². The van der Waals surface area contributed by atoms with Crippen LogP contribution in [0.25, 0.3) is 22.2 Å². The number of fused-ring (bicyclic) bond motifs is 2. The predicted octanol–water partition coefficient (Wildman–Crippen LogP) is 5.36. The van der Waals surface area contributed by atoms with E-state index in [-0.39, 0.29) is 0 Å². The fourth-order valence-electron chi connectivity index (χ4n) is 4.35. The zero-order valence-corrected chi connectivity index (χ0v) is 15.6. The largest absolute Gasteiger partial charge is 0.365 e. The van der Waals surface area contributed by atoms with Crippen molar-refractivity contribution in [2.24, 2.45) is 0 Å². The van der Waals surface area contributed by atoms with E-state index in [1.807, 2.05) is 6.20 Å². The van der Waals surface area contributed by atoms with Gasteiger partial charge < -0.3 is 9.88 Å². The average Bonchev–Trinajstić information content (AvgIpc) is 3.18. The van der Waals surface area contributed by atoms with E-state index in [0.29, 0.717) is 0 Å². The number of pyridine rings is 1. The zero-order chi connectivity index (χ0) is 18.2. The summed E-state index contributed by atoms with van der Waals surface area (Å²) in [6.45, 7) is 4.19. The van der Waals surface area contributed by atoms with Gasteiger partial charge in [0.1, 0.15) is 5.65 Å². The summed E-state index contributed by atoms with van der Waals surface area (Å²) < 4.78 is 0. The molecule has 0 amide bonds. The second-order valence-corrected chi connectivity index (χ2v) is 7.20. The first-order valence-electron chi connectivity index (χ1n) is 9.71. The van der Waals surface area contributed by atoms with E-state index in [1.165, 1.54) is 38.9 Å². The lowest BCUT2D eigenvalue weighted by Crippen LogP contribution is -2.30. The van der Waals surface area contributed by atoms with Crippen molar-refractivity contribution >= 4 is 16.7 Å². The minimum Gasteiger partial charge on any atom is -0.365 e. The van der Waals surface area contributed by atoms with Crippen LogP contribution in [-0.2, 0) is 19.4 Å². The summed E-state index contributed by atoms with van der Waals surface area (Å²) >= 11 is 0. The maximum Gasteiger partial charge on any atom is 0.139 e. The van der Waals surface area contributed by atoms with Crippen LogP contribution in [0, 0.1) is 0 Å².